The zero-order valence-corrected chi connectivity index (χ0v) is 42.7. The van der Waals surface area contributed by atoms with E-state index in [9.17, 15) is 0 Å². The summed E-state index contributed by atoms with van der Waals surface area (Å²) in [5, 5.41) is 0. The van der Waals surface area contributed by atoms with Gasteiger partial charge in [-0.15, -0.1) is 19.7 Å². The molecule has 0 aliphatic carbocycles. The molecule has 0 spiro atoms. The Hall–Kier alpha value is -2.62. The molecule has 0 saturated carbocycles. The second-order valence-electron chi connectivity index (χ2n) is 22.7. The van der Waals surface area contributed by atoms with Crippen LogP contribution in [0.5, 0.6) is 0 Å². The van der Waals surface area contributed by atoms with Crippen molar-refractivity contribution in [2.75, 3.05) is 39.3 Å². The molecule has 3 fully saturated rings. The molecule has 3 aliphatic heterocycles. The first-order chi connectivity index (χ1) is 28.3. The van der Waals surface area contributed by atoms with Crippen molar-refractivity contribution in [2.45, 2.75) is 232 Å². The molecule has 9 nitrogen and oxygen atoms in total. The number of likely N-dealkylation sites (tertiary alicyclic amines) is 3. The first-order valence-corrected chi connectivity index (χ1v) is 24.4. The molecule has 61 heavy (non-hydrogen) atoms. The lowest BCUT2D eigenvalue weighted by atomic mass is 9.76. The number of hydrogen-bond donors (Lipinski definition) is 1. The van der Waals surface area contributed by atoms with Crippen LogP contribution in [0.4, 0.5) is 0 Å². The highest BCUT2D eigenvalue weighted by molar-refractivity contribution is 5.95. The lowest BCUT2D eigenvalue weighted by Gasteiger charge is -2.57. The van der Waals surface area contributed by atoms with Gasteiger partial charge in [-0.1, -0.05) is 64.8 Å². The Balaban J connectivity index is 2.30. The molecule has 0 bridgehead atoms. The molecule has 2 N–H and O–H groups in total. The van der Waals surface area contributed by atoms with Gasteiger partial charge < -0.3 is 20.4 Å². The summed E-state index contributed by atoms with van der Waals surface area (Å²) >= 11 is 0. The Morgan fingerprint density at radius 2 is 0.787 bits per heavy atom. The predicted molar refractivity (Wildman–Crippen MR) is 267 cm³/mol. The van der Waals surface area contributed by atoms with Crippen LogP contribution in [0.1, 0.15) is 181 Å². The van der Waals surface area contributed by atoms with E-state index in [4.69, 9.17) is 22.3 Å². The number of hydrogen-bond acceptors (Lipinski definition) is 5. The van der Waals surface area contributed by atoms with Crippen LogP contribution in [0, 0.1) is 0 Å². The normalized spacial score (nSPS) is 23.7. The summed E-state index contributed by atoms with van der Waals surface area (Å²) in [6, 6.07) is 0.738. The number of nitrogens with zero attached hydrogens (tertiary/aromatic N) is 8. The molecule has 3 rings (SSSR count). The maximum atomic E-state index is 7.48. The van der Waals surface area contributed by atoms with Gasteiger partial charge in [-0.2, -0.15) is 9.98 Å². The van der Waals surface area contributed by atoms with E-state index in [2.05, 4.69) is 171 Å². The van der Waals surface area contributed by atoms with Crippen molar-refractivity contribution >= 4 is 11.9 Å². The third-order valence-corrected chi connectivity index (χ3v) is 14.6. The Labute approximate surface area is 377 Å². The maximum Gasteiger partial charge on any atom is 0.230 e. The third-order valence-electron chi connectivity index (χ3n) is 14.6. The number of guanidine groups is 2. The molecule has 0 radical (unpaired) electrons. The van der Waals surface area contributed by atoms with Crippen LogP contribution in [-0.2, 0) is 0 Å². The summed E-state index contributed by atoms with van der Waals surface area (Å²) in [6.07, 6.45) is 18.6. The maximum absolute atomic E-state index is 7.48. The van der Waals surface area contributed by atoms with E-state index in [0.29, 0.717) is 5.96 Å². The quantitative estimate of drug-likeness (QED) is 0.0743. The molecule has 9 heteroatoms. The van der Waals surface area contributed by atoms with Gasteiger partial charge in [0.25, 0.3) is 0 Å². The average molecular weight is 848 g/mol. The standard InChI is InChI=1S/C52H97N9/c1-20-26-32-56(42-35-47(8,9)59(29-23-4)48(10,11)36-42)41(7)54-46(58(34-28-22-3)44-39-51(16,17)61(31-25-6)52(18,19)40-44)55-45(53)57(33-27-21-2)43-37-49(12,13)60(30-24-5)50(14,15)38-43/h23-25,42-44H,4-7,20-22,26-40H2,1-3,8-19H3,(H2,53,54,55). The van der Waals surface area contributed by atoms with Crippen molar-refractivity contribution in [2.24, 2.45) is 15.7 Å². The Morgan fingerprint density at radius 3 is 1.10 bits per heavy atom. The van der Waals surface area contributed by atoms with Gasteiger partial charge in [0.15, 0.2) is 5.96 Å². The largest absolute Gasteiger partial charge is 0.369 e. The zero-order chi connectivity index (χ0) is 46.2. The third kappa shape index (κ3) is 13.0. The van der Waals surface area contributed by atoms with E-state index in [0.717, 1.165) is 128 Å². The van der Waals surface area contributed by atoms with Gasteiger partial charge in [0.05, 0.1) is 0 Å². The van der Waals surface area contributed by atoms with E-state index < -0.39 is 0 Å². The van der Waals surface area contributed by atoms with E-state index in [1.165, 1.54) is 0 Å². The topological polar surface area (TPSA) is 70.2 Å². The summed E-state index contributed by atoms with van der Waals surface area (Å²) in [6.45, 7) is 58.1. The van der Waals surface area contributed by atoms with Crippen LogP contribution in [0.2, 0.25) is 0 Å². The Bertz CT molecular complexity index is 1460. The van der Waals surface area contributed by atoms with Crippen LogP contribution in [0.15, 0.2) is 60.3 Å². The summed E-state index contributed by atoms with van der Waals surface area (Å²) in [5.74, 6) is 2.11. The van der Waals surface area contributed by atoms with Gasteiger partial charge in [-0.3, -0.25) is 14.7 Å². The van der Waals surface area contributed by atoms with Crippen LogP contribution in [0.25, 0.3) is 0 Å². The molecule has 0 aromatic heterocycles. The second-order valence-corrected chi connectivity index (χ2v) is 22.7. The van der Waals surface area contributed by atoms with Gasteiger partial charge in [0.2, 0.25) is 5.96 Å². The van der Waals surface area contributed by atoms with Crippen LogP contribution >= 0.6 is 0 Å². The molecule has 3 aliphatic rings. The van der Waals surface area contributed by atoms with Crippen molar-refractivity contribution in [1.82, 2.24) is 29.4 Å². The number of nitrogens with two attached hydrogens (primary N) is 1. The molecule has 0 unspecified atom stereocenters. The van der Waals surface area contributed by atoms with Gasteiger partial charge >= 0.3 is 0 Å². The first kappa shape index (κ1) is 52.7. The van der Waals surface area contributed by atoms with Gasteiger partial charge in [-0.25, -0.2) is 0 Å². The van der Waals surface area contributed by atoms with Crippen LogP contribution in [0.3, 0.4) is 0 Å². The fourth-order valence-corrected chi connectivity index (χ4v) is 12.3. The van der Waals surface area contributed by atoms with Crippen molar-refractivity contribution < 1.29 is 0 Å². The number of rotatable bonds is 20. The van der Waals surface area contributed by atoms with E-state index >= 15 is 0 Å². The number of unbranched alkanes of at least 4 members (excludes halogenated alkanes) is 3. The molecular formula is C52H97N9. The fourth-order valence-electron chi connectivity index (χ4n) is 12.3. The number of aliphatic imine (C=N–C) groups is 2. The minimum Gasteiger partial charge on any atom is -0.369 e. The second kappa shape index (κ2) is 21.4. The average Bonchev–Trinajstić information content (AvgIpc) is 3.12. The van der Waals surface area contributed by atoms with E-state index in [-0.39, 0.29) is 51.4 Å². The minimum atomic E-state index is -0.0596. The van der Waals surface area contributed by atoms with Crippen LogP contribution < -0.4 is 5.73 Å². The number of piperidine rings is 3. The first-order valence-electron chi connectivity index (χ1n) is 24.4. The smallest absolute Gasteiger partial charge is 0.230 e. The summed E-state index contributed by atoms with van der Waals surface area (Å²) in [4.78, 5) is 26.7. The predicted octanol–water partition coefficient (Wildman–Crippen LogP) is 11.1. The Kier molecular flexibility index (Phi) is 18.5. The molecule has 3 saturated heterocycles. The lowest BCUT2D eigenvalue weighted by Crippen LogP contribution is -2.65. The highest BCUT2D eigenvalue weighted by Gasteiger charge is 2.49. The van der Waals surface area contributed by atoms with E-state index in [1.807, 2.05) is 0 Å². The van der Waals surface area contributed by atoms with E-state index in [1.54, 1.807) is 0 Å². The summed E-state index contributed by atoms with van der Waals surface area (Å²) < 4.78 is 0. The van der Waals surface area contributed by atoms with Gasteiger partial charge in [0, 0.05) is 90.6 Å². The fraction of sp³-hybridized carbons (Fsp3) is 0.808. The van der Waals surface area contributed by atoms with Gasteiger partial charge in [-0.05, 0) is 141 Å². The summed E-state index contributed by atoms with van der Waals surface area (Å²) in [5.41, 5.74) is 7.24. The lowest BCUT2D eigenvalue weighted by molar-refractivity contribution is -0.0521. The molecule has 350 valence electrons. The Morgan fingerprint density at radius 1 is 0.508 bits per heavy atom. The highest BCUT2D eigenvalue weighted by atomic mass is 15.4. The molecule has 0 atom stereocenters. The van der Waals surface area contributed by atoms with Crippen molar-refractivity contribution in [3.05, 3.63) is 50.4 Å². The summed E-state index contributed by atoms with van der Waals surface area (Å²) in [7, 11) is 0. The van der Waals surface area contributed by atoms with Crippen molar-refractivity contribution in [3.63, 3.8) is 0 Å². The minimum absolute atomic E-state index is 0.0210. The highest BCUT2D eigenvalue weighted by Crippen LogP contribution is 2.44. The molecule has 0 aromatic rings. The van der Waals surface area contributed by atoms with Crippen molar-refractivity contribution in [3.8, 4) is 0 Å². The molecule has 0 amide bonds. The molecular weight excluding hydrogens is 751 g/mol. The SMILES string of the molecule is C=CCN1C(C)(C)CC(N(CCCC)C(=C)/N=C(\N=C(/N)N(CCCC)C2CC(C)(C)N(CC=C)C(C)(C)C2)N(CCCC)C2CC(C)(C)N(CC=C)C(C)(C)C2)CC1(C)C. The zero-order valence-electron chi connectivity index (χ0n) is 42.7. The van der Waals surface area contributed by atoms with Crippen molar-refractivity contribution in [1.29, 1.82) is 0 Å². The molecule has 3 heterocycles. The molecule has 0 aromatic carbocycles. The van der Waals surface area contributed by atoms with Crippen LogP contribution in [-0.4, -0.2) is 132 Å². The monoisotopic (exact) mass is 848 g/mol. The van der Waals surface area contributed by atoms with Gasteiger partial charge in [0.1, 0.15) is 5.82 Å².